The molecule has 0 spiro atoms. The van der Waals surface area contributed by atoms with Crippen LogP contribution in [0.4, 0.5) is 5.69 Å². The molecule has 0 aliphatic carbocycles. The van der Waals surface area contributed by atoms with E-state index in [1.54, 1.807) is 0 Å². The highest BCUT2D eigenvalue weighted by atomic mass is 16.3. The van der Waals surface area contributed by atoms with E-state index in [1.165, 1.54) is 5.56 Å². The Morgan fingerprint density at radius 3 is 2.63 bits per heavy atom. The first-order valence-electron chi connectivity index (χ1n) is 9.31. The molecule has 0 atom stereocenters. The summed E-state index contributed by atoms with van der Waals surface area (Å²) in [4.78, 5) is 3.89. The normalized spacial score (nSPS) is 11.4. The molecule has 0 aliphatic rings. The Morgan fingerprint density at radius 1 is 1.11 bits per heavy atom. The lowest BCUT2D eigenvalue weighted by Crippen LogP contribution is -2.30. The Balaban J connectivity index is 2.03. The number of aryl methyl sites for hydroxylation is 2. The molecule has 0 fully saturated rings. The van der Waals surface area contributed by atoms with Crippen molar-refractivity contribution in [1.82, 2.24) is 0 Å². The highest BCUT2D eigenvalue weighted by Gasteiger charge is 2.23. The maximum absolute atomic E-state index is 7.85. The minimum atomic E-state index is 0.591. The highest BCUT2D eigenvalue weighted by Crippen LogP contribution is 2.43. The van der Waals surface area contributed by atoms with Gasteiger partial charge in [-0.2, -0.15) is 0 Å². The molecular weight excluding hydrogens is 332 g/mol. The van der Waals surface area contributed by atoms with Crippen molar-refractivity contribution < 1.29 is 8.98 Å². The largest absolute Gasteiger partial charge is 0.467 e. The summed E-state index contributed by atoms with van der Waals surface area (Å²) in [5, 5.41) is 2.10. The molecule has 0 amide bonds. The molecule has 4 aromatic rings. The first kappa shape index (κ1) is 17.3. The van der Waals surface area contributed by atoms with Crippen molar-refractivity contribution in [3.63, 3.8) is 0 Å². The van der Waals surface area contributed by atoms with Gasteiger partial charge in [0.15, 0.2) is 6.20 Å². The van der Waals surface area contributed by atoms with Gasteiger partial charge in [0.1, 0.15) is 18.2 Å². The molecule has 0 saturated carbocycles. The Bertz CT molecular complexity index is 1210. The smallest absolute Gasteiger partial charge is 0.243 e. The number of nitrogens with zero attached hydrogens (tertiary/aromatic N) is 2. The number of hydrogen-bond donors (Lipinski definition) is 0. The van der Waals surface area contributed by atoms with Crippen LogP contribution >= 0.6 is 0 Å². The number of rotatable bonds is 3. The fourth-order valence-electron chi connectivity index (χ4n) is 3.88. The van der Waals surface area contributed by atoms with Gasteiger partial charge in [-0.3, -0.25) is 0 Å². The summed E-state index contributed by atoms with van der Waals surface area (Å²) >= 11 is 0. The van der Waals surface area contributed by atoms with Gasteiger partial charge in [-0.15, -0.1) is 0 Å². The Kier molecular flexibility index (Phi) is 4.20. The third-order valence-corrected chi connectivity index (χ3v) is 5.07. The quantitative estimate of drug-likeness (QED) is 0.320. The first-order chi connectivity index (χ1) is 13.0. The molecule has 0 radical (unpaired) electrons. The summed E-state index contributed by atoms with van der Waals surface area (Å²) in [5.41, 5.74) is 6.46. The van der Waals surface area contributed by atoms with E-state index >= 15 is 0 Å². The summed E-state index contributed by atoms with van der Waals surface area (Å²) in [6.07, 6.45) is 3.02. The summed E-state index contributed by atoms with van der Waals surface area (Å²) < 4.78 is 8.28. The molecule has 3 nitrogen and oxygen atoms in total. The topological polar surface area (TPSA) is 21.4 Å². The van der Waals surface area contributed by atoms with E-state index in [4.69, 9.17) is 11.0 Å². The molecule has 27 heavy (non-hydrogen) atoms. The van der Waals surface area contributed by atoms with Crippen LogP contribution in [0.25, 0.3) is 38.0 Å². The van der Waals surface area contributed by atoms with Crippen LogP contribution in [-0.4, -0.2) is 0 Å². The zero-order valence-electron chi connectivity index (χ0n) is 16.2. The van der Waals surface area contributed by atoms with Gasteiger partial charge in [-0.1, -0.05) is 26.0 Å². The SMILES string of the molecule is [C-]#[N+]c1c(-c2cccc[n+]2C)c(C)cc2c1oc1cc(CC(C)C)ccc12. The second-order valence-electron chi connectivity index (χ2n) is 7.63. The Hall–Kier alpha value is -3.12. The van der Waals surface area contributed by atoms with Gasteiger partial charge >= 0.3 is 0 Å². The fraction of sp³-hybridized carbons (Fsp3) is 0.250. The van der Waals surface area contributed by atoms with Crippen molar-refractivity contribution in [2.75, 3.05) is 0 Å². The van der Waals surface area contributed by atoms with E-state index in [1.807, 2.05) is 36.0 Å². The average molecular weight is 355 g/mol. The molecule has 134 valence electrons. The van der Waals surface area contributed by atoms with Gasteiger partial charge in [0.2, 0.25) is 11.4 Å². The molecule has 0 N–H and O–H groups in total. The van der Waals surface area contributed by atoms with Gasteiger partial charge in [-0.25, -0.2) is 9.41 Å². The third kappa shape index (κ3) is 2.88. The maximum atomic E-state index is 7.85. The number of aromatic nitrogens is 1. The fourth-order valence-corrected chi connectivity index (χ4v) is 3.88. The van der Waals surface area contributed by atoms with Crippen molar-refractivity contribution in [3.8, 4) is 11.3 Å². The predicted molar refractivity (Wildman–Crippen MR) is 110 cm³/mol. The second-order valence-corrected chi connectivity index (χ2v) is 7.63. The van der Waals surface area contributed by atoms with Gasteiger partial charge in [0.05, 0.1) is 12.1 Å². The second kappa shape index (κ2) is 6.55. The average Bonchev–Trinajstić information content (AvgIpc) is 2.98. The predicted octanol–water partition coefficient (Wildman–Crippen LogP) is 6.14. The van der Waals surface area contributed by atoms with Crippen LogP contribution in [0.3, 0.4) is 0 Å². The van der Waals surface area contributed by atoms with E-state index in [0.29, 0.717) is 17.2 Å². The third-order valence-electron chi connectivity index (χ3n) is 5.07. The van der Waals surface area contributed by atoms with Crippen molar-refractivity contribution in [2.24, 2.45) is 13.0 Å². The lowest BCUT2D eigenvalue weighted by atomic mass is 9.98. The number of furan rings is 1. The molecule has 2 aromatic heterocycles. The highest BCUT2D eigenvalue weighted by molar-refractivity contribution is 6.12. The van der Waals surface area contributed by atoms with Crippen molar-refractivity contribution in [3.05, 3.63) is 71.2 Å². The summed E-state index contributed by atoms with van der Waals surface area (Å²) in [5.74, 6) is 0.595. The van der Waals surface area contributed by atoms with Crippen molar-refractivity contribution in [2.45, 2.75) is 27.2 Å². The summed E-state index contributed by atoms with van der Waals surface area (Å²) in [7, 11) is 2.00. The lowest BCUT2D eigenvalue weighted by molar-refractivity contribution is -0.660. The standard InChI is InChI=1S/C24H23N2O/c1-15(2)12-17-9-10-18-19-13-16(3)22(20-8-6-7-11-26(20)5)23(25-4)24(19)27-21(18)14-17/h6-11,13-15H,12H2,1-3,5H3/q+1. The molecule has 0 aliphatic heterocycles. The zero-order chi connectivity index (χ0) is 19.1. The number of hydrogen-bond acceptors (Lipinski definition) is 1. The Morgan fingerprint density at radius 2 is 1.93 bits per heavy atom. The van der Waals surface area contributed by atoms with Gasteiger partial charge in [-0.05, 0) is 48.6 Å². The van der Waals surface area contributed by atoms with Crippen LogP contribution in [0.1, 0.15) is 25.0 Å². The van der Waals surface area contributed by atoms with E-state index < -0.39 is 0 Å². The summed E-state index contributed by atoms with van der Waals surface area (Å²) in [6, 6.07) is 14.6. The molecule has 0 saturated heterocycles. The van der Waals surface area contributed by atoms with Crippen LogP contribution in [0.5, 0.6) is 0 Å². The molecular formula is C24H23N2O+. The van der Waals surface area contributed by atoms with Gasteiger partial charge < -0.3 is 4.42 Å². The van der Waals surface area contributed by atoms with Gasteiger partial charge in [0.25, 0.3) is 0 Å². The minimum absolute atomic E-state index is 0.591. The molecule has 0 bridgehead atoms. The van der Waals surface area contributed by atoms with E-state index in [2.05, 4.69) is 49.9 Å². The monoisotopic (exact) mass is 355 g/mol. The molecule has 2 heterocycles. The molecule has 2 aromatic carbocycles. The molecule has 0 unspecified atom stereocenters. The van der Waals surface area contributed by atoms with Crippen LogP contribution in [-0.2, 0) is 13.5 Å². The van der Waals surface area contributed by atoms with Crippen LogP contribution < -0.4 is 4.57 Å². The van der Waals surface area contributed by atoms with Gasteiger partial charge in [0, 0.05) is 22.9 Å². The van der Waals surface area contributed by atoms with E-state index in [9.17, 15) is 0 Å². The van der Waals surface area contributed by atoms with E-state index in [-0.39, 0.29) is 0 Å². The Labute approximate surface area is 159 Å². The first-order valence-corrected chi connectivity index (χ1v) is 9.31. The van der Waals surface area contributed by atoms with Crippen molar-refractivity contribution in [1.29, 1.82) is 0 Å². The van der Waals surface area contributed by atoms with Crippen LogP contribution in [0.2, 0.25) is 0 Å². The van der Waals surface area contributed by atoms with Crippen LogP contribution in [0.15, 0.2) is 53.1 Å². The van der Waals surface area contributed by atoms with E-state index in [0.717, 1.165) is 39.6 Å². The summed E-state index contributed by atoms with van der Waals surface area (Å²) in [6.45, 7) is 14.4. The molecule has 3 heteroatoms. The maximum Gasteiger partial charge on any atom is 0.243 e. The number of benzene rings is 2. The lowest BCUT2D eigenvalue weighted by Gasteiger charge is -2.07. The van der Waals surface area contributed by atoms with Crippen molar-refractivity contribution >= 4 is 27.6 Å². The number of pyridine rings is 1. The zero-order valence-corrected chi connectivity index (χ0v) is 16.2. The molecule has 4 rings (SSSR count). The van der Waals surface area contributed by atoms with Crippen LogP contribution in [0, 0.1) is 19.4 Å². The minimum Gasteiger partial charge on any atom is -0.467 e. The number of fused-ring (bicyclic) bond motifs is 3.